The summed E-state index contributed by atoms with van der Waals surface area (Å²) in [6, 6.07) is 2.97. The number of nitriles is 1. The van der Waals surface area contributed by atoms with E-state index in [1.807, 2.05) is 41.0 Å². The van der Waals surface area contributed by atoms with E-state index in [-0.39, 0.29) is 12.2 Å². The van der Waals surface area contributed by atoms with Crippen LogP contribution in [0.4, 0.5) is 105 Å². The Hall–Kier alpha value is -7.28. The Labute approximate surface area is 404 Å². The molecule has 0 N–H and O–H groups in total. The molecular weight excluding hydrogens is 1080 g/mol. The minimum Gasteiger partial charge on any atom is -0.291 e. The monoisotopic (exact) mass is 1100 g/mol. The van der Waals surface area contributed by atoms with E-state index in [2.05, 4.69) is 4.98 Å². The van der Waals surface area contributed by atoms with Crippen LogP contribution in [0.5, 0.6) is 0 Å². The highest BCUT2D eigenvalue weighted by atomic mass is 19.4. The number of aromatic nitrogens is 2. The number of carbonyl (C=O) groups is 1. The fourth-order valence-electron chi connectivity index (χ4n) is 7.70. The van der Waals surface area contributed by atoms with Gasteiger partial charge < -0.3 is 0 Å². The second-order valence-electron chi connectivity index (χ2n) is 16.1. The third-order valence-electron chi connectivity index (χ3n) is 10.9. The summed E-state index contributed by atoms with van der Waals surface area (Å²) in [5, 5.41) is 8.50. The van der Waals surface area contributed by atoms with Crippen molar-refractivity contribution in [1.29, 1.82) is 5.26 Å². The van der Waals surface area contributed by atoms with E-state index in [0.29, 0.717) is 12.2 Å². The number of alkyl halides is 24. The van der Waals surface area contributed by atoms with Gasteiger partial charge >= 0.3 is 49.4 Å². The van der Waals surface area contributed by atoms with Gasteiger partial charge in [-0.15, -0.1) is 0 Å². The number of rotatable bonds is 8. The molecule has 6 aromatic rings. The van der Waals surface area contributed by atoms with Gasteiger partial charge in [0.2, 0.25) is 5.78 Å². The average Bonchev–Trinajstić information content (AvgIpc) is 3.27. The number of hydrogen-bond acceptors (Lipinski definition) is 3. The van der Waals surface area contributed by atoms with Crippen LogP contribution >= 0.6 is 0 Å². The Balaban J connectivity index is 0.000000483. The summed E-state index contributed by atoms with van der Waals surface area (Å²) in [6.45, 7) is 0.677. The van der Waals surface area contributed by atoms with Crippen LogP contribution in [0.25, 0.3) is 0 Å². The Morgan fingerprint density at radius 2 is 0.707 bits per heavy atom. The Kier molecular flexibility index (Phi) is 16.0. The van der Waals surface area contributed by atoms with Crippen molar-refractivity contribution in [2.24, 2.45) is 0 Å². The van der Waals surface area contributed by atoms with E-state index < -0.39 is 195 Å². The molecule has 0 aliphatic heterocycles. The number of hydrogen-bond donors (Lipinski definition) is 0. The third kappa shape index (κ3) is 13.9. The highest BCUT2D eigenvalue weighted by Gasteiger charge is 2.47. The molecule has 0 radical (unpaired) electrons. The molecule has 0 amide bonds. The molecule has 0 aliphatic carbocycles. The summed E-state index contributed by atoms with van der Waals surface area (Å²) in [4.78, 5) is 15.5. The number of Topliss-reactive ketones (excluding diaryl/α,β-unsaturated/α-hetero) is 1. The van der Waals surface area contributed by atoms with Crippen LogP contribution in [0.1, 0.15) is 67.0 Å². The number of benzene rings is 5. The smallest absolute Gasteiger partial charge is 0.291 e. The molecule has 0 saturated carbocycles. The van der Waals surface area contributed by atoms with Crippen molar-refractivity contribution >= 4 is 33.8 Å². The first-order valence-corrected chi connectivity index (χ1v) is 20.2. The fraction of sp³-hybridized carbons (Fsp3) is 0.217. The predicted molar refractivity (Wildman–Crippen MR) is 215 cm³/mol. The predicted octanol–water partition coefficient (Wildman–Crippen LogP) is 12.7. The van der Waals surface area contributed by atoms with Crippen LogP contribution in [0.2, 0.25) is 0 Å². The molecule has 1 aromatic heterocycles. The zero-order valence-electron chi connectivity index (χ0n) is 36.4. The fourth-order valence-corrected chi connectivity index (χ4v) is 7.70. The van der Waals surface area contributed by atoms with E-state index >= 15 is 0 Å². The molecule has 0 bridgehead atoms. The maximum Gasteiger partial charge on any atom is 0.416 e. The second-order valence-corrected chi connectivity index (χ2v) is 16.1. The quantitative estimate of drug-likeness (QED) is 0.0660. The minimum atomic E-state index is -6.13. The maximum atomic E-state index is 14.2. The first kappa shape index (κ1) is 58.6. The van der Waals surface area contributed by atoms with Gasteiger partial charge in [0.15, 0.2) is 24.6 Å². The molecule has 0 aliphatic rings. The van der Waals surface area contributed by atoms with Crippen molar-refractivity contribution in [3.8, 4) is 6.07 Å². The summed E-state index contributed by atoms with van der Waals surface area (Å²) < 4.78 is 343. The van der Waals surface area contributed by atoms with Crippen molar-refractivity contribution in [2.45, 2.75) is 62.4 Å². The van der Waals surface area contributed by atoms with Gasteiger partial charge in [0, 0.05) is 5.56 Å². The molecule has 0 spiro atoms. The van der Waals surface area contributed by atoms with Gasteiger partial charge in [-0.05, 0) is 24.3 Å². The number of carbonyl (C=O) groups excluding carboxylic acids is 1. The summed E-state index contributed by atoms with van der Waals surface area (Å²) in [5.41, 5.74) is -28.7. The van der Waals surface area contributed by atoms with Gasteiger partial charge in [-0.1, -0.05) is 78.9 Å². The van der Waals surface area contributed by atoms with Crippen LogP contribution in [0.3, 0.4) is 0 Å². The topological polar surface area (TPSA) is 57.6 Å². The highest BCUT2D eigenvalue weighted by Crippen LogP contribution is 2.41. The molecule has 29 heteroatoms. The number of halogens is 24. The van der Waals surface area contributed by atoms with Crippen LogP contribution in [0.15, 0.2) is 122 Å². The summed E-state index contributed by atoms with van der Waals surface area (Å²) in [7, 11) is 0. The minimum absolute atomic E-state index is 0.137. The van der Waals surface area contributed by atoms with E-state index in [4.69, 9.17) is 5.26 Å². The third-order valence-corrected chi connectivity index (χ3v) is 10.9. The zero-order valence-corrected chi connectivity index (χ0v) is 36.4. The maximum absolute atomic E-state index is 14.2. The molecule has 400 valence electrons. The van der Waals surface area contributed by atoms with Crippen molar-refractivity contribution in [3.05, 3.63) is 177 Å². The first-order chi connectivity index (χ1) is 34.1. The van der Waals surface area contributed by atoms with Crippen molar-refractivity contribution in [3.63, 3.8) is 0 Å². The lowest BCUT2D eigenvalue weighted by molar-refractivity contribution is -0.689. The molecule has 0 unspecified atom stereocenters. The molecular formula is C46H24BF24N3O. The first-order valence-electron chi connectivity index (χ1n) is 20.2. The molecule has 75 heavy (non-hydrogen) atoms. The van der Waals surface area contributed by atoms with Crippen LogP contribution in [0, 0.1) is 11.3 Å². The Morgan fingerprint density at radius 1 is 0.440 bits per heavy atom. The number of ketones is 1. The van der Waals surface area contributed by atoms with Gasteiger partial charge in [-0.2, -0.15) is 137 Å². The van der Waals surface area contributed by atoms with Gasteiger partial charge in [0.1, 0.15) is 12.6 Å². The summed E-state index contributed by atoms with van der Waals surface area (Å²) in [6.07, 6.45) is -49.9. The van der Waals surface area contributed by atoms with E-state index in [1.165, 1.54) is 0 Å². The lowest BCUT2D eigenvalue weighted by Gasteiger charge is -2.46. The largest absolute Gasteiger partial charge is 0.416 e. The van der Waals surface area contributed by atoms with Crippen molar-refractivity contribution in [1.82, 2.24) is 4.98 Å². The summed E-state index contributed by atoms with van der Waals surface area (Å²) in [5.74, 6) is -0.250. The van der Waals surface area contributed by atoms with Gasteiger partial charge in [-0.25, -0.2) is 4.98 Å². The van der Waals surface area contributed by atoms with Crippen molar-refractivity contribution < 1.29 is 115 Å². The Morgan fingerprint density at radius 3 is 0.947 bits per heavy atom. The molecule has 0 fully saturated rings. The second kappa shape index (κ2) is 20.4. The molecule has 1 heterocycles. The van der Waals surface area contributed by atoms with Gasteiger partial charge in [-0.3, -0.25) is 4.79 Å². The molecule has 6 rings (SSSR count). The molecule has 4 nitrogen and oxygen atoms in total. The van der Waals surface area contributed by atoms with Gasteiger partial charge in [0.05, 0.1) is 56.8 Å². The van der Waals surface area contributed by atoms with Crippen LogP contribution in [-0.4, -0.2) is 16.9 Å². The average molecular weight is 1100 g/mol. The lowest BCUT2D eigenvalue weighted by Crippen LogP contribution is -2.75. The Bertz CT molecular complexity index is 2650. The van der Waals surface area contributed by atoms with E-state index in [0.717, 1.165) is 5.56 Å². The molecule has 0 atom stereocenters. The SMILES string of the molecule is FC(F)(F)c1cc([B-](c2cc(C(F)(F)F)cc(C(F)(F)F)c2)(c2cc(C(F)(F)F)cc(C(F)(F)F)c2)c2cc(C(F)(F)F)cc(C(F)(F)F)c2)cc(C(F)(F)F)c1.N#CCC(=O)c1c[n+](Cc2ccccc2)ccn1. The molecule has 0 saturated heterocycles. The molecule has 5 aromatic carbocycles. The van der Waals surface area contributed by atoms with E-state index in [9.17, 15) is 110 Å². The zero-order chi connectivity index (χ0) is 56.7. The highest BCUT2D eigenvalue weighted by molar-refractivity contribution is 7.20. The van der Waals surface area contributed by atoms with Crippen LogP contribution < -0.4 is 26.4 Å². The normalized spacial score (nSPS) is 13.2. The lowest BCUT2D eigenvalue weighted by atomic mass is 9.12. The van der Waals surface area contributed by atoms with Crippen molar-refractivity contribution in [2.75, 3.05) is 0 Å². The van der Waals surface area contributed by atoms with E-state index in [1.54, 1.807) is 18.6 Å². The standard InChI is InChI=1S/C32H12BF24.C14H12N3O/c34-25(35,36)13-1-14(26(37,38)39)6-21(5-13)33(22-7-15(27(40,41)42)2-16(8-22)28(43,44)45,23-9-17(29(46,47)48)3-18(10-23)30(49,50)51)24-11-19(31(52,53)54)4-20(12-24)32(55,56)57;15-7-6-14(18)13-11-17(9-8-16-13)10-12-4-2-1-3-5-12/h1-12H;1-5,8-9,11H,6,10H2/q-1;+1. The summed E-state index contributed by atoms with van der Waals surface area (Å²) >= 11 is 0. The van der Waals surface area contributed by atoms with Crippen LogP contribution in [-0.2, 0) is 56.0 Å². The number of nitrogens with zero attached hydrogens (tertiary/aromatic N) is 3. The van der Waals surface area contributed by atoms with Gasteiger partial charge in [0.25, 0.3) is 0 Å².